The SMILES string of the molecule is CC1(C)OCC([C@H]2O[C@@H]3OC(C)(C)O[C@@H]3[C@@]23CN3)O1. The molecule has 0 bridgehead atoms. The van der Waals surface area contributed by atoms with Gasteiger partial charge in [0.1, 0.15) is 18.3 Å². The highest BCUT2D eigenvalue weighted by molar-refractivity contribution is 5.22. The highest BCUT2D eigenvalue weighted by atomic mass is 16.8. The van der Waals surface area contributed by atoms with Crippen LogP contribution in [0.15, 0.2) is 0 Å². The molecule has 19 heavy (non-hydrogen) atoms. The van der Waals surface area contributed by atoms with Crippen molar-refractivity contribution in [3.05, 3.63) is 0 Å². The van der Waals surface area contributed by atoms with Crippen molar-refractivity contribution in [2.24, 2.45) is 0 Å². The van der Waals surface area contributed by atoms with Gasteiger partial charge in [-0.1, -0.05) is 0 Å². The minimum absolute atomic E-state index is 0.0696. The van der Waals surface area contributed by atoms with E-state index in [-0.39, 0.29) is 30.1 Å². The van der Waals surface area contributed by atoms with Crippen molar-refractivity contribution in [3.8, 4) is 0 Å². The fraction of sp³-hybridized carbons (Fsp3) is 1.00. The summed E-state index contributed by atoms with van der Waals surface area (Å²) in [6.07, 6.45) is -0.548. The summed E-state index contributed by atoms with van der Waals surface area (Å²) in [5.41, 5.74) is -0.174. The third-order valence-electron chi connectivity index (χ3n) is 4.31. The zero-order chi connectivity index (χ0) is 13.5. The van der Waals surface area contributed by atoms with Crippen molar-refractivity contribution < 1.29 is 23.7 Å². The number of hydrogen-bond acceptors (Lipinski definition) is 6. The molecule has 6 nitrogen and oxygen atoms in total. The van der Waals surface area contributed by atoms with Gasteiger partial charge in [-0.05, 0) is 27.7 Å². The zero-order valence-corrected chi connectivity index (χ0v) is 11.8. The zero-order valence-electron chi connectivity index (χ0n) is 11.8. The Hall–Kier alpha value is -0.240. The smallest absolute Gasteiger partial charge is 0.189 e. The third-order valence-corrected chi connectivity index (χ3v) is 4.31. The van der Waals surface area contributed by atoms with E-state index in [9.17, 15) is 0 Å². The minimum Gasteiger partial charge on any atom is -0.348 e. The second-order valence-electron chi connectivity index (χ2n) is 6.74. The van der Waals surface area contributed by atoms with Crippen LogP contribution in [0.4, 0.5) is 0 Å². The van der Waals surface area contributed by atoms with Gasteiger partial charge in [-0.15, -0.1) is 0 Å². The average Bonchev–Trinajstić information content (AvgIpc) is 2.82. The van der Waals surface area contributed by atoms with Crippen molar-refractivity contribution in [2.45, 2.75) is 69.4 Å². The van der Waals surface area contributed by atoms with Crippen LogP contribution in [-0.2, 0) is 23.7 Å². The van der Waals surface area contributed by atoms with Crippen LogP contribution in [-0.4, -0.2) is 54.9 Å². The fourth-order valence-electron chi connectivity index (χ4n) is 3.39. The maximum absolute atomic E-state index is 6.06. The molecule has 1 spiro atoms. The molecule has 108 valence electrons. The molecule has 4 aliphatic heterocycles. The summed E-state index contributed by atoms with van der Waals surface area (Å²) in [5, 5.41) is 3.41. The van der Waals surface area contributed by atoms with E-state index in [1.165, 1.54) is 0 Å². The number of fused-ring (bicyclic) bond motifs is 2. The minimum atomic E-state index is -0.579. The Kier molecular flexibility index (Phi) is 2.30. The molecule has 6 heteroatoms. The maximum atomic E-state index is 6.06. The van der Waals surface area contributed by atoms with E-state index in [1.54, 1.807) is 0 Å². The fourth-order valence-corrected chi connectivity index (χ4v) is 3.39. The molecule has 0 radical (unpaired) electrons. The Morgan fingerprint density at radius 1 is 0.947 bits per heavy atom. The van der Waals surface area contributed by atoms with Gasteiger partial charge >= 0.3 is 0 Å². The van der Waals surface area contributed by atoms with E-state index in [4.69, 9.17) is 23.7 Å². The first-order chi connectivity index (χ1) is 8.81. The Morgan fingerprint density at radius 3 is 2.26 bits per heavy atom. The molecule has 1 N–H and O–H groups in total. The van der Waals surface area contributed by atoms with Crippen molar-refractivity contribution in [1.82, 2.24) is 5.32 Å². The van der Waals surface area contributed by atoms with Crippen LogP contribution in [0.2, 0.25) is 0 Å². The first kappa shape index (κ1) is 12.5. The molecule has 4 saturated heterocycles. The van der Waals surface area contributed by atoms with Crippen LogP contribution in [0.1, 0.15) is 27.7 Å². The molecule has 4 aliphatic rings. The molecule has 0 amide bonds. The lowest BCUT2D eigenvalue weighted by Crippen LogP contribution is -2.47. The first-order valence-electron chi connectivity index (χ1n) is 6.89. The molecule has 0 aromatic rings. The Bertz CT molecular complexity index is 406. The lowest BCUT2D eigenvalue weighted by Gasteiger charge is -2.28. The quantitative estimate of drug-likeness (QED) is 0.694. The number of nitrogens with one attached hydrogen (secondary N) is 1. The van der Waals surface area contributed by atoms with Gasteiger partial charge < -0.3 is 29.0 Å². The van der Waals surface area contributed by atoms with Crippen molar-refractivity contribution in [1.29, 1.82) is 0 Å². The number of rotatable bonds is 1. The predicted molar refractivity (Wildman–Crippen MR) is 64.3 cm³/mol. The molecule has 4 heterocycles. The monoisotopic (exact) mass is 271 g/mol. The molecule has 0 aromatic heterocycles. The lowest BCUT2D eigenvalue weighted by molar-refractivity contribution is -0.224. The highest BCUT2D eigenvalue weighted by Crippen LogP contribution is 2.49. The van der Waals surface area contributed by atoms with Crippen LogP contribution in [0.25, 0.3) is 0 Å². The van der Waals surface area contributed by atoms with Crippen LogP contribution in [0.5, 0.6) is 0 Å². The van der Waals surface area contributed by atoms with Crippen LogP contribution in [0.3, 0.4) is 0 Å². The topological polar surface area (TPSA) is 68.1 Å². The predicted octanol–water partition coefficient (Wildman–Crippen LogP) is 0.356. The van der Waals surface area contributed by atoms with E-state index in [0.29, 0.717) is 6.61 Å². The molecule has 5 atom stereocenters. The van der Waals surface area contributed by atoms with Gasteiger partial charge in [0.15, 0.2) is 17.9 Å². The summed E-state index contributed by atoms with van der Waals surface area (Å²) in [4.78, 5) is 0. The van der Waals surface area contributed by atoms with E-state index in [1.807, 2.05) is 27.7 Å². The van der Waals surface area contributed by atoms with Gasteiger partial charge in [-0.3, -0.25) is 0 Å². The summed E-state index contributed by atoms with van der Waals surface area (Å²) in [6, 6.07) is 0. The second-order valence-corrected chi connectivity index (χ2v) is 6.74. The van der Waals surface area contributed by atoms with Gasteiger partial charge in [0.2, 0.25) is 0 Å². The molecular weight excluding hydrogens is 250 g/mol. The van der Waals surface area contributed by atoms with E-state index in [0.717, 1.165) is 6.54 Å². The maximum Gasteiger partial charge on any atom is 0.189 e. The molecular formula is C13H21NO5. The van der Waals surface area contributed by atoms with E-state index < -0.39 is 11.6 Å². The lowest BCUT2D eigenvalue weighted by atomic mass is 9.94. The van der Waals surface area contributed by atoms with Gasteiger partial charge in [-0.2, -0.15) is 0 Å². The largest absolute Gasteiger partial charge is 0.348 e. The van der Waals surface area contributed by atoms with Gasteiger partial charge in [0.25, 0.3) is 0 Å². The molecule has 4 fully saturated rings. The average molecular weight is 271 g/mol. The summed E-state index contributed by atoms with van der Waals surface area (Å²) in [7, 11) is 0. The number of hydrogen-bond donors (Lipinski definition) is 1. The molecule has 0 aromatic carbocycles. The van der Waals surface area contributed by atoms with Crippen LogP contribution < -0.4 is 5.32 Å². The Balaban J connectivity index is 1.55. The summed E-state index contributed by atoms with van der Waals surface area (Å²) < 4.78 is 29.4. The van der Waals surface area contributed by atoms with Crippen molar-refractivity contribution in [2.75, 3.05) is 13.2 Å². The van der Waals surface area contributed by atoms with Gasteiger partial charge in [0, 0.05) is 6.54 Å². The molecule has 1 unspecified atom stereocenters. The molecule has 0 saturated carbocycles. The van der Waals surface area contributed by atoms with E-state index in [2.05, 4.69) is 5.32 Å². The Morgan fingerprint density at radius 2 is 1.68 bits per heavy atom. The summed E-state index contributed by atoms with van der Waals surface area (Å²) in [5.74, 6) is -1.12. The standard InChI is InChI=1S/C13H21NO5/c1-11(2)15-5-7(17-11)8-13(6-14-13)9-10(16-8)19-12(3,4)18-9/h7-10,14H,5-6H2,1-4H3/t7?,8-,9+,10-,13-/m1/s1. The van der Waals surface area contributed by atoms with Gasteiger partial charge in [0.05, 0.1) is 12.1 Å². The highest BCUT2D eigenvalue weighted by Gasteiger charge is 2.71. The normalized spacial score (nSPS) is 53.7. The summed E-state index contributed by atoms with van der Waals surface area (Å²) in [6.45, 7) is 9.09. The van der Waals surface area contributed by atoms with E-state index >= 15 is 0 Å². The van der Waals surface area contributed by atoms with Crippen LogP contribution >= 0.6 is 0 Å². The van der Waals surface area contributed by atoms with Crippen molar-refractivity contribution in [3.63, 3.8) is 0 Å². The van der Waals surface area contributed by atoms with Crippen LogP contribution in [0, 0.1) is 0 Å². The number of ether oxygens (including phenoxy) is 5. The van der Waals surface area contributed by atoms with Crippen molar-refractivity contribution >= 4 is 0 Å². The molecule has 0 aliphatic carbocycles. The second kappa shape index (κ2) is 3.50. The Labute approximate surface area is 112 Å². The summed E-state index contributed by atoms with van der Waals surface area (Å²) >= 11 is 0. The first-order valence-corrected chi connectivity index (χ1v) is 6.89. The van der Waals surface area contributed by atoms with Gasteiger partial charge in [-0.25, -0.2) is 0 Å². The molecule has 4 rings (SSSR count). The third kappa shape index (κ3) is 1.78.